The fourth-order valence-corrected chi connectivity index (χ4v) is 16.0. The van der Waals surface area contributed by atoms with Crippen molar-refractivity contribution < 1.29 is 0 Å². The molecule has 16 aromatic rings. The Morgan fingerprint density at radius 1 is 0.237 bits per heavy atom. The van der Waals surface area contributed by atoms with Gasteiger partial charge in [0.05, 0.1) is 33.1 Å². The molecule has 0 atom stereocenters. The van der Waals surface area contributed by atoms with E-state index in [2.05, 4.69) is 273 Å². The summed E-state index contributed by atoms with van der Waals surface area (Å²) in [6.45, 7) is -0.168. The summed E-state index contributed by atoms with van der Waals surface area (Å²) in [6, 6.07) is 96.4. The van der Waals surface area contributed by atoms with Crippen LogP contribution in [0.5, 0.6) is 0 Å². The quantitative estimate of drug-likeness (QED) is 0.157. The molecule has 0 saturated carbocycles. The van der Waals surface area contributed by atoms with Gasteiger partial charge in [-0.1, -0.05) is 218 Å². The number of nitrogens with zero attached hydrogens (tertiary/aromatic N) is 4. The highest BCUT2D eigenvalue weighted by Gasteiger charge is 2.46. The van der Waals surface area contributed by atoms with E-state index in [0.29, 0.717) is 0 Å². The van der Waals surface area contributed by atoms with Gasteiger partial charge in [0.1, 0.15) is 0 Å². The van der Waals surface area contributed by atoms with Crippen LogP contribution in [-0.2, 0) is 0 Å². The van der Waals surface area contributed by atoms with Gasteiger partial charge >= 0.3 is 13.7 Å². The molecule has 8 heterocycles. The third-order valence-corrected chi connectivity index (χ3v) is 18.9. The molecule has 4 aliphatic rings. The van der Waals surface area contributed by atoms with E-state index in [9.17, 15) is 0 Å². The summed E-state index contributed by atoms with van der Waals surface area (Å²) in [7, 11) is 0. The summed E-state index contributed by atoms with van der Waals surface area (Å²) in [5, 5.41) is 7.75. The van der Waals surface area contributed by atoms with Crippen LogP contribution in [0.1, 0.15) is 0 Å². The SMILES string of the molecule is c1ccc(-c2cc(-c3ccccc3)c3c4cccc5c4n(c3c2)-c2cccc3c2B5n2c4c-3cccc4c3c2c2cccc4c2n3B2c3c-4cccc3-n3c4cc(-c5ccccc5)cc(-c5ccccc5)c4c4cccc2c43)cc1. The van der Waals surface area contributed by atoms with Crippen LogP contribution in [0.25, 0.3) is 155 Å². The van der Waals surface area contributed by atoms with Crippen molar-refractivity contribution in [1.82, 2.24) is 18.1 Å². The Hall–Kier alpha value is -10.3. The first-order valence-electron chi connectivity index (χ1n) is 28.1. The summed E-state index contributed by atoms with van der Waals surface area (Å²) < 4.78 is 10.8. The molecule has 6 heteroatoms. The molecule has 4 nitrogen and oxygen atoms in total. The number of hydrogen-bond acceptors (Lipinski definition) is 0. The minimum absolute atomic E-state index is 0.0840. The second-order valence-electron chi connectivity index (χ2n) is 22.6. The summed E-state index contributed by atoms with van der Waals surface area (Å²) in [4.78, 5) is 0. The molecule has 4 aliphatic heterocycles. The van der Waals surface area contributed by atoms with Crippen molar-refractivity contribution in [2.75, 3.05) is 0 Å². The van der Waals surface area contributed by atoms with E-state index in [1.54, 1.807) is 0 Å². The van der Waals surface area contributed by atoms with Gasteiger partial charge < -0.3 is 18.1 Å². The van der Waals surface area contributed by atoms with Crippen molar-refractivity contribution in [3.8, 4) is 78.1 Å². The number of para-hydroxylation sites is 4. The molecule has 364 valence electrons. The van der Waals surface area contributed by atoms with Gasteiger partial charge in [-0.3, -0.25) is 0 Å². The maximum absolute atomic E-state index is 2.80. The van der Waals surface area contributed by atoms with E-state index >= 15 is 0 Å². The van der Waals surface area contributed by atoms with E-state index < -0.39 is 0 Å². The topological polar surface area (TPSA) is 19.7 Å². The Balaban J connectivity index is 0.908. The van der Waals surface area contributed by atoms with Crippen molar-refractivity contribution in [3.05, 3.63) is 255 Å². The molecule has 0 aliphatic carbocycles. The fourth-order valence-electron chi connectivity index (χ4n) is 16.0. The molecule has 0 N–H and O–H groups in total. The molecule has 80 heavy (non-hydrogen) atoms. The Morgan fingerprint density at radius 3 is 1.02 bits per heavy atom. The lowest BCUT2D eigenvalue weighted by molar-refractivity contribution is 1.17. The van der Waals surface area contributed by atoms with Crippen molar-refractivity contribution in [3.63, 3.8) is 0 Å². The van der Waals surface area contributed by atoms with Gasteiger partial charge in [0.25, 0.3) is 0 Å². The second-order valence-corrected chi connectivity index (χ2v) is 22.6. The monoisotopic (exact) mass is 1010 g/mol. The standard InChI is InChI=1S/C74H42B2N4/c1-5-19-43(20-6-1)47-39-57(45-23-9-3-10-24-45)65-53-31-15-35-59-71(53)77(63(65)41-47)61-37-17-27-49-51-29-13-33-55-69(51)79(75(59)67(49)61)73-56-34-14-30-52-50-28-18-38-62-68(50)76(80(70(52)56)74(55)73)60-36-16-32-54-66-58(46-25-11-4-12-26-46)40-48(44-21-7-2-8-22-44)42-64(66)78(62)72(54)60/h1-42H. The molecule has 0 saturated heterocycles. The van der Waals surface area contributed by atoms with Crippen LogP contribution in [0, 0.1) is 0 Å². The van der Waals surface area contributed by atoms with E-state index in [0.717, 1.165) is 0 Å². The first kappa shape index (κ1) is 41.8. The lowest BCUT2D eigenvalue weighted by Gasteiger charge is -2.34. The Kier molecular flexibility index (Phi) is 7.76. The zero-order valence-electron chi connectivity index (χ0n) is 43.2. The average molecular weight is 1010 g/mol. The zero-order chi connectivity index (χ0) is 51.6. The van der Waals surface area contributed by atoms with E-state index in [4.69, 9.17) is 0 Å². The molecule has 0 bridgehead atoms. The van der Waals surface area contributed by atoms with Gasteiger partial charge in [0.2, 0.25) is 0 Å². The number of rotatable bonds is 4. The van der Waals surface area contributed by atoms with Crippen LogP contribution in [-0.4, -0.2) is 31.8 Å². The average Bonchev–Trinajstić information content (AvgIpc) is 2.36. The van der Waals surface area contributed by atoms with Crippen molar-refractivity contribution in [1.29, 1.82) is 0 Å². The van der Waals surface area contributed by atoms with Gasteiger partial charge in [0, 0.05) is 65.9 Å². The van der Waals surface area contributed by atoms with Crippen LogP contribution in [0.3, 0.4) is 0 Å². The largest absolute Gasteiger partial charge is 0.374 e. The highest BCUT2D eigenvalue weighted by Crippen LogP contribution is 2.51. The minimum Gasteiger partial charge on any atom is -0.374 e. The predicted octanol–water partition coefficient (Wildman–Crippen LogP) is 15.5. The lowest BCUT2D eigenvalue weighted by atomic mass is 9.45. The maximum Gasteiger partial charge on any atom is 0.333 e. The van der Waals surface area contributed by atoms with Gasteiger partial charge in [-0.2, -0.15) is 0 Å². The Labute approximate surface area is 460 Å². The highest BCUT2D eigenvalue weighted by atomic mass is 15.1. The van der Waals surface area contributed by atoms with Gasteiger partial charge in [-0.15, -0.1) is 0 Å². The third-order valence-electron chi connectivity index (χ3n) is 18.9. The first-order chi connectivity index (χ1) is 39.8. The second kappa shape index (κ2) is 14.8. The third kappa shape index (κ3) is 4.99. The lowest BCUT2D eigenvalue weighted by Crippen LogP contribution is -2.55. The molecule has 4 aromatic heterocycles. The normalized spacial score (nSPS) is 13.2. The molecular formula is C74H42B2N4. The number of hydrogen-bond donors (Lipinski definition) is 0. The number of fused-ring (bicyclic) bond motifs is 19. The van der Waals surface area contributed by atoms with E-state index in [1.807, 2.05) is 0 Å². The Bertz CT molecular complexity index is 5130. The molecule has 0 fully saturated rings. The van der Waals surface area contributed by atoms with Crippen LogP contribution in [0.2, 0.25) is 0 Å². The van der Waals surface area contributed by atoms with Crippen LogP contribution >= 0.6 is 0 Å². The maximum atomic E-state index is 2.80. The molecular weight excluding hydrogens is 966 g/mol. The smallest absolute Gasteiger partial charge is 0.333 e. The summed E-state index contributed by atoms with van der Waals surface area (Å²) >= 11 is 0. The summed E-state index contributed by atoms with van der Waals surface area (Å²) in [6.07, 6.45) is 0. The van der Waals surface area contributed by atoms with Gasteiger partial charge in [-0.05, 0) is 114 Å². The molecule has 0 amide bonds. The van der Waals surface area contributed by atoms with Crippen LogP contribution in [0.4, 0.5) is 0 Å². The number of benzene rings is 12. The van der Waals surface area contributed by atoms with E-state index in [1.165, 1.54) is 176 Å². The van der Waals surface area contributed by atoms with E-state index in [-0.39, 0.29) is 13.7 Å². The summed E-state index contributed by atoms with van der Waals surface area (Å²) in [5.74, 6) is 0. The fraction of sp³-hybridized carbons (Fsp3) is 0. The van der Waals surface area contributed by atoms with Crippen molar-refractivity contribution in [2.24, 2.45) is 0 Å². The predicted molar refractivity (Wildman–Crippen MR) is 337 cm³/mol. The molecule has 0 radical (unpaired) electrons. The van der Waals surface area contributed by atoms with Crippen LogP contribution in [0.15, 0.2) is 255 Å². The Morgan fingerprint density at radius 2 is 0.600 bits per heavy atom. The molecule has 20 rings (SSSR count). The molecule has 0 unspecified atom stereocenters. The molecule has 12 aromatic carbocycles. The first-order valence-corrected chi connectivity index (χ1v) is 28.1. The van der Waals surface area contributed by atoms with Crippen LogP contribution < -0.4 is 21.9 Å². The number of aromatic nitrogens is 4. The zero-order valence-corrected chi connectivity index (χ0v) is 43.2. The van der Waals surface area contributed by atoms with Crippen molar-refractivity contribution >= 4 is 112 Å². The van der Waals surface area contributed by atoms with Gasteiger partial charge in [-0.25, -0.2) is 0 Å². The summed E-state index contributed by atoms with van der Waals surface area (Å²) in [5.41, 5.74) is 33.2. The highest BCUT2D eigenvalue weighted by molar-refractivity contribution is 6.92. The minimum atomic E-state index is -0.0840. The molecule has 0 spiro atoms. The van der Waals surface area contributed by atoms with Gasteiger partial charge in [0.15, 0.2) is 0 Å². The van der Waals surface area contributed by atoms with Crippen molar-refractivity contribution in [2.45, 2.75) is 0 Å².